The number of rotatable bonds is 7. The first-order chi connectivity index (χ1) is 24.8. The molecule has 0 aliphatic heterocycles. The molecule has 0 aliphatic carbocycles. The summed E-state index contributed by atoms with van der Waals surface area (Å²) in [4.78, 5) is 2.41. The summed E-state index contributed by atoms with van der Waals surface area (Å²) in [5, 5.41) is 3.48. The van der Waals surface area contributed by atoms with E-state index in [1.54, 1.807) is 0 Å². The van der Waals surface area contributed by atoms with Gasteiger partial charge in [0.05, 0.1) is 11.4 Å². The van der Waals surface area contributed by atoms with Gasteiger partial charge in [-0.2, -0.15) is 0 Å². The molecule has 0 aliphatic rings. The number of anilines is 3. The second-order valence-electron chi connectivity index (χ2n) is 12.6. The molecule has 9 aromatic rings. The zero-order valence-corrected chi connectivity index (χ0v) is 27.4. The van der Waals surface area contributed by atoms with Crippen molar-refractivity contribution >= 4 is 38.8 Å². The highest BCUT2D eigenvalue weighted by Crippen LogP contribution is 2.45. The minimum atomic E-state index is 0.880. The van der Waals surface area contributed by atoms with Crippen LogP contribution in [0.15, 0.2) is 205 Å². The monoisotopic (exact) mass is 639 g/mol. The SMILES string of the molecule is c1ccc(-c2ccccc2N(c2ccc3cc(-c4cccc(-c5cc6ccccc6o5)c4)ccc3c2)c2ccccc2-c2ccccc2)cc1. The Kier molecular flexibility index (Phi) is 7.53. The Morgan fingerprint density at radius 2 is 0.860 bits per heavy atom. The molecule has 2 nitrogen and oxygen atoms in total. The van der Waals surface area contributed by atoms with E-state index < -0.39 is 0 Å². The van der Waals surface area contributed by atoms with Crippen molar-refractivity contribution in [2.75, 3.05) is 4.90 Å². The second-order valence-corrected chi connectivity index (χ2v) is 12.6. The Balaban J connectivity index is 1.16. The summed E-state index contributed by atoms with van der Waals surface area (Å²) in [6, 6.07) is 71.2. The van der Waals surface area contributed by atoms with Crippen LogP contribution in [0.4, 0.5) is 17.1 Å². The summed E-state index contributed by atoms with van der Waals surface area (Å²) in [5.74, 6) is 0.880. The van der Waals surface area contributed by atoms with E-state index in [9.17, 15) is 0 Å². The number of fused-ring (bicyclic) bond motifs is 2. The summed E-state index contributed by atoms with van der Waals surface area (Å²) >= 11 is 0. The molecular weight excluding hydrogens is 607 g/mol. The van der Waals surface area contributed by atoms with E-state index in [2.05, 4.69) is 187 Å². The molecule has 0 radical (unpaired) electrons. The molecular formula is C48H33NO. The Labute approximate surface area is 292 Å². The van der Waals surface area contributed by atoms with Gasteiger partial charge in [0, 0.05) is 27.8 Å². The van der Waals surface area contributed by atoms with Gasteiger partial charge in [-0.1, -0.05) is 152 Å². The van der Waals surface area contributed by atoms with E-state index in [0.717, 1.165) is 44.9 Å². The molecule has 0 fully saturated rings. The lowest BCUT2D eigenvalue weighted by Crippen LogP contribution is -2.12. The molecule has 0 saturated carbocycles. The molecule has 0 saturated heterocycles. The lowest BCUT2D eigenvalue weighted by molar-refractivity contribution is 0.631. The Morgan fingerprint density at radius 3 is 1.56 bits per heavy atom. The summed E-state index contributed by atoms with van der Waals surface area (Å²) in [6.45, 7) is 0. The van der Waals surface area contributed by atoms with Crippen LogP contribution in [0.25, 0.3) is 66.4 Å². The highest BCUT2D eigenvalue weighted by atomic mass is 16.3. The molecule has 0 unspecified atom stereocenters. The molecule has 0 spiro atoms. The van der Waals surface area contributed by atoms with Crippen LogP contribution in [0, 0.1) is 0 Å². The average Bonchev–Trinajstić information content (AvgIpc) is 3.64. The van der Waals surface area contributed by atoms with Crippen molar-refractivity contribution in [3.63, 3.8) is 0 Å². The van der Waals surface area contributed by atoms with Gasteiger partial charge in [0.2, 0.25) is 0 Å². The molecule has 1 aromatic heterocycles. The smallest absolute Gasteiger partial charge is 0.135 e. The van der Waals surface area contributed by atoms with Gasteiger partial charge in [0.25, 0.3) is 0 Å². The minimum absolute atomic E-state index is 0.880. The molecule has 2 heteroatoms. The third-order valence-electron chi connectivity index (χ3n) is 9.45. The summed E-state index contributed by atoms with van der Waals surface area (Å²) in [7, 11) is 0. The number of hydrogen-bond acceptors (Lipinski definition) is 2. The van der Waals surface area contributed by atoms with Crippen molar-refractivity contribution in [2.24, 2.45) is 0 Å². The van der Waals surface area contributed by atoms with Gasteiger partial charge in [-0.25, -0.2) is 0 Å². The number of furan rings is 1. The van der Waals surface area contributed by atoms with Crippen molar-refractivity contribution < 1.29 is 4.42 Å². The van der Waals surface area contributed by atoms with Crippen molar-refractivity contribution in [3.05, 3.63) is 200 Å². The standard InChI is InChI=1S/C48H33NO/c1-3-14-34(15-4-1)43-21-8-10-23-45(43)49(46-24-11-9-22-44(46)35-16-5-2-6-17-35)42-29-28-38-30-37(26-27-39(38)32-42)36-19-13-20-40(31-36)48-33-41-18-7-12-25-47(41)50-48/h1-33H. The molecule has 1 heterocycles. The fourth-order valence-corrected chi connectivity index (χ4v) is 7.00. The maximum absolute atomic E-state index is 6.19. The lowest BCUT2D eigenvalue weighted by Gasteiger charge is -2.30. The van der Waals surface area contributed by atoms with E-state index in [0.29, 0.717) is 0 Å². The van der Waals surface area contributed by atoms with Crippen LogP contribution in [0.3, 0.4) is 0 Å². The third kappa shape index (κ3) is 5.53. The molecule has 9 rings (SSSR count). The largest absolute Gasteiger partial charge is 0.456 e. The van der Waals surface area contributed by atoms with Crippen molar-refractivity contribution in [1.82, 2.24) is 0 Å². The van der Waals surface area contributed by atoms with Gasteiger partial charge in [0.15, 0.2) is 0 Å². The summed E-state index contributed by atoms with van der Waals surface area (Å²) in [6.07, 6.45) is 0. The maximum atomic E-state index is 6.19. The van der Waals surface area contributed by atoms with Crippen LogP contribution in [-0.4, -0.2) is 0 Å². The zero-order chi connectivity index (χ0) is 33.3. The predicted molar refractivity (Wildman–Crippen MR) is 210 cm³/mol. The molecule has 0 atom stereocenters. The van der Waals surface area contributed by atoms with Gasteiger partial charge in [-0.3, -0.25) is 0 Å². The van der Waals surface area contributed by atoms with Crippen molar-refractivity contribution in [3.8, 4) is 44.7 Å². The third-order valence-corrected chi connectivity index (χ3v) is 9.45. The number of hydrogen-bond donors (Lipinski definition) is 0. The van der Waals surface area contributed by atoms with E-state index in [1.807, 2.05) is 18.2 Å². The highest BCUT2D eigenvalue weighted by molar-refractivity contribution is 5.97. The average molecular weight is 640 g/mol. The molecule has 236 valence electrons. The van der Waals surface area contributed by atoms with E-state index in [4.69, 9.17) is 4.42 Å². The topological polar surface area (TPSA) is 16.4 Å². The Hall–Kier alpha value is -6.64. The fourth-order valence-electron chi connectivity index (χ4n) is 7.00. The molecule has 8 aromatic carbocycles. The Morgan fingerprint density at radius 1 is 0.320 bits per heavy atom. The first-order valence-electron chi connectivity index (χ1n) is 17.0. The van der Waals surface area contributed by atoms with Crippen LogP contribution >= 0.6 is 0 Å². The van der Waals surface area contributed by atoms with Crippen molar-refractivity contribution in [2.45, 2.75) is 0 Å². The lowest BCUT2D eigenvalue weighted by atomic mass is 9.97. The molecule has 0 N–H and O–H groups in total. The normalized spacial score (nSPS) is 11.2. The predicted octanol–water partition coefficient (Wildman–Crippen LogP) is 13.7. The summed E-state index contributed by atoms with van der Waals surface area (Å²) < 4.78 is 6.19. The zero-order valence-electron chi connectivity index (χ0n) is 27.4. The van der Waals surface area contributed by atoms with Crippen LogP contribution < -0.4 is 4.90 Å². The van der Waals surface area contributed by atoms with Crippen LogP contribution in [0.1, 0.15) is 0 Å². The molecule has 0 bridgehead atoms. The van der Waals surface area contributed by atoms with E-state index in [1.165, 1.54) is 38.6 Å². The van der Waals surface area contributed by atoms with Gasteiger partial charge in [-0.15, -0.1) is 0 Å². The molecule has 50 heavy (non-hydrogen) atoms. The Bertz CT molecular complexity index is 2480. The quantitative estimate of drug-likeness (QED) is 0.173. The second kappa shape index (κ2) is 12.8. The highest BCUT2D eigenvalue weighted by Gasteiger charge is 2.20. The van der Waals surface area contributed by atoms with Gasteiger partial charge >= 0.3 is 0 Å². The number of benzene rings is 8. The maximum Gasteiger partial charge on any atom is 0.135 e. The van der Waals surface area contributed by atoms with Crippen LogP contribution in [0.2, 0.25) is 0 Å². The van der Waals surface area contributed by atoms with Gasteiger partial charge in [0.1, 0.15) is 11.3 Å². The number of para-hydroxylation sites is 3. The van der Waals surface area contributed by atoms with Crippen LogP contribution in [0.5, 0.6) is 0 Å². The summed E-state index contributed by atoms with van der Waals surface area (Å²) in [5.41, 5.74) is 12.4. The van der Waals surface area contributed by atoms with Gasteiger partial charge < -0.3 is 9.32 Å². The van der Waals surface area contributed by atoms with Crippen LogP contribution in [-0.2, 0) is 0 Å². The first kappa shape index (κ1) is 29.5. The molecule has 0 amide bonds. The van der Waals surface area contributed by atoms with E-state index >= 15 is 0 Å². The minimum Gasteiger partial charge on any atom is -0.456 e. The number of nitrogens with zero attached hydrogens (tertiary/aromatic N) is 1. The van der Waals surface area contributed by atoms with Gasteiger partial charge in [-0.05, 0) is 81.6 Å². The first-order valence-corrected chi connectivity index (χ1v) is 17.0. The van der Waals surface area contributed by atoms with E-state index in [-0.39, 0.29) is 0 Å². The van der Waals surface area contributed by atoms with Crippen molar-refractivity contribution in [1.29, 1.82) is 0 Å². The fraction of sp³-hybridized carbons (Fsp3) is 0.